The SMILES string of the molecule is CN(C(=O)Nc1cc(F)ccc1C(=O)O)C1CCNCC1. The fraction of sp³-hybridized carbons (Fsp3) is 0.429. The van der Waals surface area contributed by atoms with Crippen molar-refractivity contribution >= 4 is 17.7 Å². The summed E-state index contributed by atoms with van der Waals surface area (Å²) in [5.74, 6) is -1.81. The van der Waals surface area contributed by atoms with Crippen LogP contribution < -0.4 is 10.6 Å². The van der Waals surface area contributed by atoms with Crippen LogP contribution in [0.3, 0.4) is 0 Å². The molecule has 1 aliphatic heterocycles. The van der Waals surface area contributed by atoms with Gasteiger partial charge in [-0.25, -0.2) is 14.0 Å². The van der Waals surface area contributed by atoms with Gasteiger partial charge in [-0.3, -0.25) is 0 Å². The summed E-state index contributed by atoms with van der Waals surface area (Å²) < 4.78 is 13.3. The van der Waals surface area contributed by atoms with Crippen molar-refractivity contribution < 1.29 is 19.1 Å². The first-order valence-corrected chi connectivity index (χ1v) is 6.76. The number of benzene rings is 1. The van der Waals surface area contributed by atoms with Gasteiger partial charge >= 0.3 is 12.0 Å². The second-order valence-corrected chi connectivity index (χ2v) is 5.02. The fourth-order valence-electron chi connectivity index (χ4n) is 2.37. The second-order valence-electron chi connectivity index (χ2n) is 5.02. The number of piperidine rings is 1. The minimum Gasteiger partial charge on any atom is -0.478 e. The van der Waals surface area contributed by atoms with E-state index in [9.17, 15) is 14.0 Å². The van der Waals surface area contributed by atoms with Gasteiger partial charge in [0, 0.05) is 13.1 Å². The summed E-state index contributed by atoms with van der Waals surface area (Å²) in [6.07, 6.45) is 1.66. The standard InChI is InChI=1S/C14H18FN3O3/c1-18(10-4-6-16-7-5-10)14(21)17-12-8-9(15)2-3-11(12)13(19)20/h2-3,8,10,16H,4-7H2,1H3,(H,17,21)(H,19,20). The number of carboxylic acids is 1. The van der Waals surface area contributed by atoms with Gasteiger partial charge in [0.1, 0.15) is 5.82 Å². The summed E-state index contributed by atoms with van der Waals surface area (Å²) >= 11 is 0. The predicted octanol–water partition coefficient (Wildman–Crippen LogP) is 1.74. The number of aromatic carboxylic acids is 1. The van der Waals surface area contributed by atoms with Crippen molar-refractivity contribution in [2.75, 3.05) is 25.5 Å². The van der Waals surface area contributed by atoms with Crippen molar-refractivity contribution in [3.63, 3.8) is 0 Å². The highest BCUT2D eigenvalue weighted by Crippen LogP contribution is 2.19. The van der Waals surface area contributed by atoms with Crippen molar-refractivity contribution in [2.24, 2.45) is 0 Å². The largest absolute Gasteiger partial charge is 0.478 e. The summed E-state index contributed by atoms with van der Waals surface area (Å²) in [6, 6.07) is 2.86. The fourth-order valence-corrected chi connectivity index (χ4v) is 2.37. The number of hydrogen-bond acceptors (Lipinski definition) is 3. The van der Waals surface area contributed by atoms with E-state index in [0.29, 0.717) is 0 Å². The average Bonchev–Trinajstić information content (AvgIpc) is 2.47. The molecule has 6 nitrogen and oxygen atoms in total. The highest BCUT2D eigenvalue weighted by molar-refractivity contribution is 6.00. The highest BCUT2D eigenvalue weighted by Gasteiger charge is 2.23. The Morgan fingerprint density at radius 3 is 2.67 bits per heavy atom. The molecule has 7 heteroatoms. The molecule has 1 saturated heterocycles. The molecule has 114 valence electrons. The van der Waals surface area contributed by atoms with Gasteiger partial charge in [-0.05, 0) is 44.1 Å². The van der Waals surface area contributed by atoms with E-state index in [1.54, 1.807) is 7.05 Å². The van der Waals surface area contributed by atoms with Gasteiger partial charge in [-0.15, -0.1) is 0 Å². The topological polar surface area (TPSA) is 81.7 Å². The Labute approximate surface area is 121 Å². The van der Waals surface area contributed by atoms with Crippen molar-refractivity contribution in [1.29, 1.82) is 0 Å². The van der Waals surface area contributed by atoms with Crippen LogP contribution >= 0.6 is 0 Å². The molecule has 0 aliphatic carbocycles. The predicted molar refractivity (Wildman–Crippen MR) is 76.0 cm³/mol. The van der Waals surface area contributed by atoms with Gasteiger partial charge in [0.15, 0.2) is 0 Å². The van der Waals surface area contributed by atoms with Crippen LogP contribution in [-0.2, 0) is 0 Å². The molecule has 0 spiro atoms. The lowest BCUT2D eigenvalue weighted by Crippen LogP contribution is -2.45. The van der Waals surface area contributed by atoms with Crippen LogP contribution in [0, 0.1) is 5.82 Å². The number of rotatable bonds is 3. The van der Waals surface area contributed by atoms with Crippen LogP contribution in [0.4, 0.5) is 14.9 Å². The summed E-state index contributed by atoms with van der Waals surface area (Å²) in [6.45, 7) is 1.67. The molecule has 1 fully saturated rings. The van der Waals surface area contributed by atoms with Crippen molar-refractivity contribution in [3.05, 3.63) is 29.6 Å². The van der Waals surface area contributed by atoms with Crippen LogP contribution in [-0.4, -0.2) is 48.2 Å². The zero-order valence-corrected chi connectivity index (χ0v) is 11.7. The third-order valence-corrected chi connectivity index (χ3v) is 3.63. The molecule has 21 heavy (non-hydrogen) atoms. The van der Waals surface area contributed by atoms with E-state index in [1.807, 2.05) is 0 Å². The van der Waals surface area contributed by atoms with Gasteiger partial charge in [-0.2, -0.15) is 0 Å². The normalized spacial score (nSPS) is 15.5. The lowest BCUT2D eigenvalue weighted by molar-refractivity contribution is 0.0698. The number of carbonyl (C=O) groups excluding carboxylic acids is 1. The number of carbonyl (C=O) groups is 2. The number of nitrogens with one attached hydrogen (secondary N) is 2. The molecular formula is C14H18FN3O3. The minimum absolute atomic E-state index is 0.0340. The molecule has 2 rings (SSSR count). The Kier molecular flexibility index (Phi) is 4.74. The zero-order chi connectivity index (χ0) is 15.4. The van der Waals surface area contributed by atoms with E-state index in [-0.39, 0.29) is 17.3 Å². The summed E-state index contributed by atoms with van der Waals surface area (Å²) in [7, 11) is 1.66. The molecule has 1 aliphatic rings. The van der Waals surface area contributed by atoms with Crippen molar-refractivity contribution in [2.45, 2.75) is 18.9 Å². The van der Waals surface area contributed by atoms with Crippen molar-refractivity contribution in [3.8, 4) is 0 Å². The van der Waals surface area contributed by atoms with E-state index >= 15 is 0 Å². The van der Waals surface area contributed by atoms with Gasteiger partial charge in [0.05, 0.1) is 11.3 Å². The number of nitrogens with zero attached hydrogens (tertiary/aromatic N) is 1. The monoisotopic (exact) mass is 295 g/mol. The van der Waals surface area contributed by atoms with E-state index in [1.165, 1.54) is 4.90 Å². The molecule has 1 aromatic carbocycles. The van der Waals surface area contributed by atoms with E-state index in [2.05, 4.69) is 10.6 Å². The highest BCUT2D eigenvalue weighted by atomic mass is 19.1. The average molecular weight is 295 g/mol. The summed E-state index contributed by atoms with van der Waals surface area (Å²) in [4.78, 5) is 24.8. The van der Waals surface area contributed by atoms with Crippen LogP contribution in [0.5, 0.6) is 0 Å². The first-order chi connectivity index (χ1) is 9.99. The third kappa shape index (κ3) is 3.69. The van der Waals surface area contributed by atoms with E-state index in [0.717, 1.165) is 44.1 Å². The molecule has 0 atom stereocenters. The molecule has 0 aromatic heterocycles. The first-order valence-electron chi connectivity index (χ1n) is 6.76. The number of carboxylic acid groups (broad SMARTS) is 1. The Hall–Kier alpha value is -2.15. The summed E-state index contributed by atoms with van der Waals surface area (Å²) in [5.41, 5.74) is -0.170. The third-order valence-electron chi connectivity index (χ3n) is 3.63. The molecule has 0 unspecified atom stereocenters. The van der Waals surface area contributed by atoms with Gasteiger partial charge in [0.25, 0.3) is 0 Å². The van der Waals surface area contributed by atoms with Crippen LogP contribution in [0.15, 0.2) is 18.2 Å². The van der Waals surface area contributed by atoms with E-state index < -0.39 is 17.8 Å². The lowest BCUT2D eigenvalue weighted by Gasteiger charge is -2.31. The first kappa shape index (κ1) is 15.2. The molecule has 1 heterocycles. The maximum absolute atomic E-state index is 13.3. The molecule has 1 aromatic rings. The molecule has 0 saturated carbocycles. The minimum atomic E-state index is -1.21. The molecular weight excluding hydrogens is 277 g/mol. The number of anilines is 1. The maximum atomic E-state index is 13.3. The van der Waals surface area contributed by atoms with E-state index in [4.69, 9.17) is 5.11 Å². The van der Waals surface area contributed by atoms with Gasteiger partial charge in [0.2, 0.25) is 0 Å². The number of amides is 2. The molecule has 3 N–H and O–H groups in total. The number of halogens is 1. The molecule has 0 bridgehead atoms. The number of urea groups is 1. The van der Waals surface area contributed by atoms with Crippen LogP contribution in [0.2, 0.25) is 0 Å². The van der Waals surface area contributed by atoms with Gasteiger partial charge < -0.3 is 20.6 Å². The second kappa shape index (κ2) is 6.53. The zero-order valence-electron chi connectivity index (χ0n) is 11.7. The maximum Gasteiger partial charge on any atom is 0.337 e. The lowest BCUT2D eigenvalue weighted by atomic mass is 10.1. The smallest absolute Gasteiger partial charge is 0.337 e. The quantitative estimate of drug-likeness (QED) is 0.793. The van der Waals surface area contributed by atoms with Gasteiger partial charge in [-0.1, -0.05) is 0 Å². The van der Waals surface area contributed by atoms with Crippen LogP contribution in [0.1, 0.15) is 23.2 Å². The van der Waals surface area contributed by atoms with Crippen LogP contribution in [0.25, 0.3) is 0 Å². The Morgan fingerprint density at radius 1 is 1.38 bits per heavy atom. The molecule has 2 amide bonds. The Balaban J connectivity index is 2.11. The number of hydrogen-bond donors (Lipinski definition) is 3. The Morgan fingerprint density at radius 2 is 2.05 bits per heavy atom. The Bertz CT molecular complexity index is 544. The molecule has 0 radical (unpaired) electrons. The summed E-state index contributed by atoms with van der Waals surface area (Å²) in [5, 5.41) is 14.7. The van der Waals surface area contributed by atoms with Crippen molar-refractivity contribution in [1.82, 2.24) is 10.2 Å².